The summed E-state index contributed by atoms with van der Waals surface area (Å²) in [6.07, 6.45) is 6.24. The number of carboxylic acid groups (broad SMARTS) is 1. The number of anilines is 1. The molecule has 4 atom stereocenters. The maximum Gasteiger partial charge on any atom is 0.307 e. The summed E-state index contributed by atoms with van der Waals surface area (Å²) in [5.74, 6) is -1.76. The Kier molecular flexibility index (Phi) is 2.81. The summed E-state index contributed by atoms with van der Waals surface area (Å²) in [7, 11) is 0. The molecule has 0 aliphatic heterocycles. The van der Waals surface area contributed by atoms with Crippen LogP contribution in [-0.4, -0.2) is 22.0 Å². The molecule has 1 heterocycles. The van der Waals surface area contributed by atoms with Crippen LogP contribution >= 0.6 is 0 Å². The van der Waals surface area contributed by atoms with Crippen molar-refractivity contribution in [2.75, 3.05) is 5.32 Å². The van der Waals surface area contributed by atoms with Gasteiger partial charge in [0.05, 0.1) is 11.8 Å². The molecule has 2 aliphatic carbocycles. The SMILES string of the molecule is O=C(Nc1ccccn1)[C@@H]1[C@@H](C(=O)O)[C@H]2C=C[C@@H]1C2. The van der Waals surface area contributed by atoms with Gasteiger partial charge >= 0.3 is 5.97 Å². The van der Waals surface area contributed by atoms with Crippen LogP contribution in [0.4, 0.5) is 5.82 Å². The third kappa shape index (κ3) is 2.01. The molecule has 1 amide bonds. The first-order valence-corrected chi connectivity index (χ1v) is 6.30. The van der Waals surface area contributed by atoms with Gasteiger partial charge in [-0.15, -0.1) is 0 Å². The van der Waals surface area contributed by atoms with Crippen LogP contribution < -0.4 is 5.32 Å². The Hall–Kier alpha value is -2.17. The zero-order valence-corrected chi connectivity index (χ0v) is 10.2. The molecular weight excluding hydrogens is 244 g/mol. The van der Waals surface area contributed by atoms with Crippen molar-refractivity contribution in [3.63, 3.8) is 0 Å². The standard InChI is InChI=1S/C14H14N2O3/c17-13(16-10-3-1-2-6-15-10)11-8-4-5-9(7-8)12(11)14(18)19/h1-6,8-9,11-12H,7H2,(H,18,19)(H,15,16,17)/t8-,9+,11+,12+/m1/s1. The Morgan fingerprint density at radius 3 is 2.58 bits per heavy atom. The Morgan fingerprint density at radius 2 is 1.95 bits per heavy atom. The maximum absolute atomic E-state index is 12.3. The van der Waals surface area contributed by atoms with E-state index >= 15 is 0 Å². The number of aliphatic carboxylic acids is 1. The van der Waals surface area contributed by atoms with Crippen molar-refractivity contribution in [1.82, 2.24) is 4.98 Å². The number of allylic oxidation sites excluding steroid dienone is 2. The molecule has 98 valence electrons. The average molecular weight is 258 g/mol. The normalized spacial score (nSPS) is 31.4. The molecule has 0 spiro atoms. The van der Waals surface area contributed by atoms with E-state index < -0.39 is 17.8 Å². The molecule has 1 aromatic heterocycles. The summed E-state index contributed by atoms with van der Waals surface area (Å²) in [5, 5.41) is 12.0. The third-order valence-corrected chi connectivity index (χ3v) is 3.96. The van der Waals surface area contributed by atoms with Crippen LogP contribution in [0.3, 0.4) is 0 Å². The quantitative estimate of drug-likeness (QED) is 0.806. The highest BCUT2D eigenvalue weighted by molar-refractivity contribution is 5.95. The first kappa shape index (κ1) is 11.9. The van der Waals surface area contributed by atoms with Gasteiger partial charge < -0.3 is 10.4 Å². The lowest BCUT2D eigenvalue weighted by Crippen LogP contribution is -2.36. The second kappa shape index (κ2) is 4.50. The van der Waals surface area contributed by atoms with E-state index in [2.05, 4.69) is 10.3 Å². The second-order valence-corrected chi connectivity index (χ2v) is 5.04. The van der Waals surface area contributed by atoms with Crippen molar-refractivity contribution in [1.29, 1.82) is 0 Å². The van der Waals surface area contributed by atoms with E-state index in [0.717, 1.165) is 6.42 Å². The Balaban J connectivity index is 1.79. The molecule has 5 heteroatoms. The zero-order valence-electron chi connectivity index (χ0n) is 10.2. The van der Waals surface area contributed by atoms with Gasteiger partial charge in [-0.1, -0.05) is 18.2 Å². The van der Waals surface area contributed by atoms with E-state index in [9.17, 15) is 14.7 Å². The van der Waals surface area contributed by atoms with Crippen molar-refractivity contribution in [2.45, 2.75) is 6.42 Å². The van der Waals surface area contributed by atoms with Gasteiger partial charge in [-0.05, 0) is 30.4 Å². The van der Waals surface area contributed by atoms with Gasteiger partial charge in [0, 0.05) is 6.20 Å². The fourth-order valence-corrected chi connectivity index (χ4v) is 3.16. The van der Waals surface area contributed by atoms with Gasteiger partial charge in [0.15, 0.2) is 0 Å². The molecule has 0 radical (unpaired) electrons. The van der Waals surface area contributed by atoms with Crippen molar-refractivity contribution in [2.24, 2.45) is 23.7 Å². The van der Waals surface area contributed by atoms with Crippen molar-refractivity contribution >= 4 is 17.7 Å². The minimum Gasteiger partial charge on any atom is -0.481 e. The Labute approximate surface area is 110 Å². The largest absolute Gasteiger partial charge is 0.481 e. The molecule has 1 fully saturated rings. The summed E-state index contributed by atoms with van der Waals surface area (Å²) in [6.45, 7) is 0. The number of carbonyl (C=O) groups excluding carboxylic acids is 1. The summed E-state index contributed by atoms with van der Waals surface area (Å²) < 4.78 is 0. The van der Waals surface area contributed by atoms with E-state index in [1.807, 2.05) is 12.2 Å². The van der Waals surface area contributed by atoms with Crippen LogP contribution in [0.1, 0.15) is 6.42 Å². The van der Waals surface area contributed by atoms with Crippen molar-refractivity contribution in [3.05, 3.63) is 36.5 Å². The molecule has 3 rings (SSSR count). The van der Waals surface area contributed by atoms with Crippen LogP contribution in [0, 0.1) is 23.7 Å². The first-order valence-electron chi connectivity index (χ1n) is 6.30. The molecule has 2 bridgehead atoms. The molecule has 0 aromatic carbocycles. The Bertz CT molecular complexity index is 541. The molecule has 5 nitrogen and oxygen atoms in total. The average Bonchev–Trinajstić information content (AvgIpc) is 2.99. The predicted octanol–water partition coefficient (Wildman–Crippen LogP) is 1.54. The summed E-state index contributed by atoms with van der Waals surface area (Å²) in [4.78, 5) is 27.6. The highest BCUT2D eigenvalue weighted by atomic mass is 16.4. The van der Waals surface area contributed by atoms with Gasteiger partial charge in [0.1, 0.15) is 5.82 Å². The summed E-state index contributed by atoms with van der Waals surface area (Å²) in [5.41, 5.74) is 0. The van der Waals surface area contributed by atoms with Crippen molar-refractivity contribution < 1.29 is 14.7 Å². The zero-order chi connectivity index (χ0) is 13.4. The van der Waals surface area contributed by atoms with Crippen LogP contribution in [0.2, 0.25) is 0 Å². The molecule has 0 saturated heterocycles. The lowest BCUT2D eigenvalue weighted by Gasteiger charge is -2.23. The van der Waals surface area contributed by atoms with E-state index in [4.69, 9.17) is 0 Å². The minimum absolute atomic E-state index is 0.0121. The highest BCUT2D eigenvalue weighted by Crippen LogP contribution is 2.48. The number of carbonyl (C=O) groups is 2. The monoisotopic (exact) mass is 258 g/mol. The predicted molar refractivity (Wildman–Crippen MR) is 68.2 cm³/mol. The number of hydrogen-bond donors (Lipinski definition) is 2. The molecule has 1 saturated carbocycles. The third-order valence-electron chi connectivity index (χ3n) is 3.96. The number of nitrogens with zero attached hydrogens (tertiary/aromatic N) is 1. The van der Waals surface area contributed by atoms with Gasteiger partial charge in [0.25, 0.3) is 0 Å². The molecule has 19 heavy (non-hydrogen) atoms. The smallest absolute Gasteiger partial charge is 0.307 e. The van der Waals surface area contributed by atoms with E-state index in [1.165, 1.54) is 0 Å². The maximum atomic E-state index is 12.3. The number of amides is 1. The van der Waals surface area contributed by atoms with Crippen LogP contribution in [0.25, 0.3) is 0 Å². The topological polar surface area (TPSA) is 79.3 Å². The first-order chi connectivity index (χ1) is 9.16. The fourth-order valence-electron chi connectivity index (χ4n) is 3.16. The summed E-state index contributed by atoms with van der Waals surface area (Å²) >= 11 is 0. The van der Waals surface area contributed by atoms with Gasteiger partial charge in [0.2, 0.25) is 5.91 Å². The number of aromatic nitrogens is 1. The lowest BCUT2D eigenvalue weighted by atomic mass is 9.82. The fraction of sp³-hybridized carbons (Fsp3) is 0.357. The Morgan fingerprint density at radius 1 is 1.21 bits per heavy atom. The lowest BCUT2D eigenvalue weighted by molar-refractivity contribution is -0.146. The van der Waals surface area contributed by atoms with Crippen LogP contribution in [-0.2, 0) is 9.59 Å². The second-order valence-electron chi connectivity index (χ2n) is 5.04. The van der Waals surface area contributed by atoms with E-state index in [1.54, 1.807) is 24.4 Å². The number of rotatable bonds is 3. The van der Waals surface area contributed by atoms with Gasteiger partial charge in [-0.2, -0.15) is 0 Å². The number of carboxylic acids is 1. The van der Waals surface area contributed by atoms with E-state index in [0.29, 0.717) is 5.82 Å². The summed E-state index contributed by atoms with van der Waals surface area (Å²) in [6, 6.07) is 5.23. The van der Waals surface area contributed by atoms with Gasteiger partial charge in [-0.25, -0.2) is 4.98 Å². The van der Waals surface area contributed by atoms with Crippen LogP contribution in [0.5, 0.6) is 0 Å². The minimum atomic E-state index is -0.891. The molecule has 0 unspecified atom stereocenters. The number of pyridine rings is 1. The van der Waals surface area contributed by atoms with E-state index in [-0.39, 0.29) is 17.7 Å². The molecule has 2 aliphatic rings. The number of nitrogens with one attached hydrogen (secondary N) is 1. The molecule has 1 aromatic rings. The molecular formula is C14H14N2O3. The van der Waals surface area contributed by atoms with Crippen LogP contribution in [0.15, 0.2) is 36.5 Å². The number of hydrogen-bond acceptors (Lipinski definition) is 3. The molecule has 2 N–H and O–H groups in total. The van der Waals surface area contributed by atoms with Crippen molar-refractivity contribution in [3.8, 4) is 0 Å². The van der Waals surface area contributed by atoms with Gasteiger partial charge in [-0.3, -0.25) is 9.59 Å². The number of fused-ring (bicyclic) bond motifs is 2. The highest BCUT2D eigenvalue weighted by Gasteiger charge is 2.51.